The lowest BCUT2D eigenvalue weighted by atomic mass is 9.95. The first-order valence-corrected chi connectivity index (χ1v) is 7.86. The minimum atomic E-state index is 0.0177. The van der Waals surface area contributed by atoms with Crippen molar-refractivity contribution in [1.82, 2.24) is 15.5 Å². The number of likely N-dealkylation sites (tertiary alicyclic amines) is 1. The molecule has 0 unspecified atom stereocenters. The maximum atomic E-state index is 12.2. The lowest BCUT2D eigenvalue weighted by molar-refractivity contribution is -0.134. The van der Waals surface area contributed by atoms with Crippen molar-refractivity contribution in [3.8, 4) is 0 Å². The normalized spacial score (nSPS) is 15.6. The topological polar surface area (TPSA) is 61.4 Å². The monoisotopic (exact) mass is 303 g/mol. The number of aryl methyl sites for hydroxylation is 1. The quantitative estimate of drug-likeness (QED) is 0.855. The zero-order valence-electron chi connectivity index (χ0n) is 13.4. The number of likely N-dealkylation sites (N-methyl/N-ethyl adjacent to an activating group) is 1. The van der Waals surface area contributed by atoms with Gasteiger partial charge in [0.1, 0.15) is 0 Å². The summed E-state index contributed by atoms with van der Waals surface area (Å²) in [4.78, 5) is 25.8. The molecule has 2 rings (SSSR count). The molecular formula is C17H25N3O2. The first kappa shape index (κ1) is 16.5. The molecule has 5 nitrogen and oxygen atoms in total. The predicted molar refractivity (Wildman–Crippen MR) is 86.3 cm³/mol. The Labute approximate surface area is 132 Å². The van der Waals surface area contributed by atoms with E-state index in [0.717, 1.165) is 18.4 Å². The van der Waals surface area contributed by atoms with Crippen LogP contribution in [0, 0.1) is 12.8 Å². The first-order chi connectivity index (χ1) is 10.6. The molecule has 1 saturated heterocycles. The van der Waals surface area contributed by atoms with Crippen LogP contribution in [-0.4, -0.2) is 43.4 Å². The third kappa shape index (κ3) is 4.56. The third-order valence-electron chi connectivity index (χ3n) is 4.13. The van der Waals surface area contributed by atoms with Crippen LogP contribution in [0.2, 0.25) is 0 Å². The zero-order chi connectivity index (χ0) is 15.9. The van der Waals surface area contributed by atoms with Crippen LogP contribution < -0.4 is 10.6 Å². The number of hydrogen-bond acceptors (Lipinski definition) is 3. The van der Waals surface area contributed by atoms with Gasteiger partial charge in [0.2, 0.25) is 11.8 Å². The van der Waals surface area contributed by atoms with Crippen molar-refractivity contribution in [2.24, 2.45) is 5.92 Å². The Hall–Kier alpha value is -1.88. The fourth-order valence-electron chi connectivity index (χ4n) is 2.69. The summed E-state index contributed by atoms with van der Waals surface area (Å²) < 4.78 is 0. The molecule has 0 spiro atoms. The summed E-state index contributed by atoms with van der Waals surface area (Å²) in [7, 11) is 1.77. The molecule has 0 aromatic heterocycles. The van der Waals surface area contributed by atoms with Crippen molar-refractivity contribution in [3.05, 3.63) is 35.4 Å². The van der Waals surface area contributed by atoms with Crippen molar-refractivity contribution in [2.75, 3.05) is 26.7 Å². The summed E-state index contributed by atoms with van der Waals surface area (Å²) in [6.07, 6.45) is 1.49. The minimum absolute atomic E-state index is 0.0177. The third-order valence-corrected chi connectivity index (χ3v) is 4.13. The maximum absolute atomic E-state index is 12.2. The van der Waals surface area contributed by atoms with Crippen molar-refractivity contribution in [2.45, 2.75) is 26.3 Å². The van der Waals surface area contributed by atoms with E-state index in [9.17, 15) is 9.59 Å². The van der Waals surface area contributed by atoms with Crippen LogP contribution in [-0.2, 0) is 16.1 Å². The number of rotatable bonds is 5. The van der Waals surface area contributed by atoms with Crippen LogP contribution in [0.25, 0.3) is 0 Å². The van der Waals surface area contributed by atoms with Gasteiger partial charge in [-0.15, -0.1) is 0 Å². The number of benzene rings is 1. The fourth-order valence-corrected chi connectivity index (χ4v) is 2.69. The van der Waals surface area contributed by atoms with Crippen LogP contribution in [0.15, 0.2) is 24.3 Å². The van der Waals surface area contributed by atoms with Gasteiger partial charge >= 0.3 is 0 Å². The smallest absolute Gasteiger partial charge is 0.236 e. The molecule has 0 bridgehead atoms. The molecule has 0 atom stereocenters. The lowest BCUT2D eigenvalue weighted by Crippen LogP contribution is -2.45. The first-order valence-electron chi connectivity index (χ1n) is 7.86. The number of amides is 2. The zero-order valence-corrected chi connectivity index (χ0v) is 13.4. The van der Waals surface area contributed by atoms with Gasteiger partial charge in [0.25, 0.3) is 0 Å². The molecule has 2 N–H and O–H groups in total. The second-order valence-electron chi connectivity index (χ2n) is 5.89. The number of carbonyl (C=O) groups excluding carboxylic acids is 2. The van der Waals surface area contributed by atoms with Gasteiger partial charge in [-0.1, -0.05) is 29.8 Å². The largest absolute Gasteiger partial charge is 0.352 e. The van der Waals surface area contributed by atoms with Gasteiger partial charge < -0.3 is 15.5 Å². The Kier molecular flexibility index (Phi) is 5.95. The molecule has 0 saturated carbocycles. The molecule has 0 aliphatic carbocycles. The molecule has 1 aliphatic rings. The molecular weight excluding hydrogens is 278 g/mol. The standard InChI is InChI=1S/C17H25N3O2/c1-13-3-5-14(6-4-13)11-19-17(22)15-7-9-20(10-8-15)16(21)12-18-2/h3-6,15,18H,7-12H2,1-2H3,(H,19,22). The van der Waals surface area contributed by atoms with Gasteiger partial charge in [-0.05, 0) is 32.4 Å². The van der Waals surface area contributed by atoms with E-state index >= 15 is 0 Å². The van der Waals surface area contributed by atoms with Gasteiger partial charge in [-0.25, -0.2) is 0 Å². The summed E-state index contributed by atoms with van der Waals surface area (Å²) in [6, 6.07) is 8.17. The highest BCUT2D eigenvalue weighted by molar-refractivity contribution is 5.80. The van der Waals surface area contributed by atoms with E-state index in [1.165, 1.54) is 5.56 Å². The Morgan fingerprint density at radius 3 is 2.41 bits per heavy atom. The summed E-state index contributed by atoms with van der Waals surface area (Å²) in [5.74, 6) is 0.228. The number of nitrogens with one attached hydrogen (secondary N) is 2. The number of carbonyl (C=O) groups is 2. The molecule has 0 radical (unpaired) electrons. The van der Waals surface area contributed by atoms with Crippen LogP contribution in [0.4, 0.5) is 0 Å². The second-order valence-corrected chi connectivity index (χ2v) is 5.89. The molecule has 5 heteroatoms. The van der Waals surface area contributed by atoms with Crippen LogP contribution in [0.3, 0.4) is 0 Å². The summed E-state index contributed by atoms with van der Waals surface area (Å²) >= 11 is 0. The van der Waals surface area contributed by atoms with E-state index < -0.39 is 0 Å². The molecule has 1 aromatic carbocycles. The van der Waals surface area contributed by atoms with Crippen molar-refractivity contribution >= 4 is 11.8 Å². The van der Waals surface area contributed by atoms with E-state index in [2.05, 4.69) is 10.6 Å². The van der Waals surface area contributed by atoms with Gasteiger partial charge in [0, 0.05) is 25.6 Å². The predicted octanol–water partition coefficient (Wildman–Crippen LogP) is 1.07. The molecule has 1 aliphatic heterocycles. The van der Waals surface area contributed by atoms with Crippen LogP contribution >= 0.6 is 0 Å². The average molecular weight is 303 g/mol. The van der Waals surface area contributed by atoms with Gasteiger partial charge in [-0.3, -0.25) is 9.59 Å². The Balaban J connectivity index is 1.75. The SMILES string of the molecule is CNCC(=O)N1CCC(C(=O)NCc2ccc(C)cc2)CC1. The van der Waals surface area contributed by atoms with E-state index in [0.29, 0.717) is 26.2 Å². The van der Waals surface area contributed by atoms with Gasteiger partial charge in [-0.2, -0.15) is 0 Å². The molecule has 1 aromatic rings. The molecule has 22 heavy (non-hydrogen) atoms. The highest BCUT2D eigenvalue weighted by atomic mass is 16.2. The van der Waals surface area contributed by atoms with Crippen LogP contribution in [0.1, 0.15) is 24.0 Å². The highest BCUT2D eigenvalue weighted by Gasteiger charge is 2.26. The highest BCUT2D eigenvalue weighted by Crippen LogP contribution is 2.17. The Morgan fingerprint density at radius 1 is 1.18 bits per heavy atom. The van der Waals surface area contributed by atoms with E-state index in [-0.39, 0.29) is 17.7 Å². The summed E-state index contributed by atoms with van der Waals surface area (Å²) in [5, 5.41) is 5.87. The number of piperidine rings is 1. The van der Waals surface area contributed by atoms with Gasteiger partial charge in [0.05, 0.1) is 6.54 Å². The molecule has 120 valence electrons. The van der Waals surface area contributed by atoms with E-state index in [4.69, 9.17) is 0 Å². The minimum Gasteiger partial charge on any atom is -0.352 e. The second kappa shape index (κ2) is 7.94. The fraction of sp³-hybridized carbons (Fsp3) is 0.529. The number of nitrogens with zero attached hydrogens (tertiary/aromatic N) is 1. The van der Waals surface area contributed by atoms with E-state index in [1.807, 2.05) is 36.1 Å². The molecule has 2 amide bonds. The summed E-state index contributed by atoms with van der Waals surface area (Å²) in [6.45, 7) is 4.32. The van der Waals surface area contributed by atoms with Crippen LogP contribution in [0.5, 0.6) is 0 Å². The van der Waals surface area contributed by atoms with E-state index in [1.54, 1.807) is 7.05 Å². The Bertz CT molecular complexity index is 505. The average Bonchev–Trinajstić information content (AvgIpc) is 2.54. The molecule has 1 heterocycles. The van der Waals surface area contributed by atoms with Crippen molar-refractivity contribution in [1.29, 1.82) is 0 Å². The number of hydrogen-bond donors (Lipinski definition) is 2. The van der Waals surface area contributed by atoms with Gasteiger partial charge in [0.15, 0.2) is 0 Å². The summed E-state index contributed by atoms with van der Waals surface area (Å²) in [5.41, 5.74) is 2.33. The maximum Gasteiger partial charge on any atom is 0.236 e. The molecule has 1 fully saturated rings. The van der Waals surface area contributed by atoms with Crippen molar-refractivity contribution < 1.29 is 9.59 Å². The lowest BCUT2D eigenvalue weighted by Gasteiger charge is -2.31. The Morgan fingerprint density at radius 2 is 1.82 bits per heavy atom. The van der Waals surface area contributed by atoms with Crippen molar-refractivity contribution in [3.63, 3.8) is 0 Å².